The summed E-state index contributed by atoms with van der Waals surface area (Å²) in [7, 11) is 0. The molecule has 168 valence electrons. The second-order valence-corrected chi connectivity index (χ2v) is 9.48. The molecule has 0 amide bonds. The summed E-state index contributed by atoms with van der Waals surface area (Å²) in [5.41, 5.74) is 5.19. The molecule has 1 aliphatic carbocycles. The van der Waals surface area contributed by atoms with Gasteiger partial charge < -0.3 is 15.2 Å². The lowest BCUT2D eigenvalue weighted by molar-refractivity contribution is 0.233. The third-order valence-corrected chi connectivity index (χ3v) is 7.24. The van der Waals surface area contributed by atoms with Gasteiger partial charge in [0, 0.05) is 11.6 Å². The van der Waals surface area contributed by atoms with Gasteiger partial charge in [0.05, 0.1) is 18.1 Å². The number of nitrogens with zero attached hydrogens (tertiary/aromatic N) is 1. The highest BCUT2D eigenvalue weighted by atomic mass is 32.1. The van der Waals surface area contributed by atoms with E-state index in [0.29, 0.717) is 12.6 Å². The van der Waals surface area contributed by atoms with E-state index in [4.69, 9.17) is 12.2 Å². The van der Waals surface area contributed by atoms with Crippen LogP contribution in [0.1, 0.15) is 67.3 Å². The molecule has 1 heterocycles. The highest BCUT2D eigenvalue weighted by Crippen LogP contribution is 2.26. The van der Waals surface area contributed by atoms with Gasteiger partial charge in [0.15, 0.2) is 5.11 Å². The summed E-state index contributed by atoms with van der Waals surface area (Å²) in [5, 5.41) is 5.33. The Labute approximate surface area is 196 Å². The molecule has 2 N–H and O–H groups in total. The van der Waals surface area contributed by atoms with Gasteiger partial charge >= 0.3 is 0 Å². The Bertz CT molecular complexity index is 1150. The molecule has 2 aromatic carbocycles. The molecule has 0 bridgehead atoms. The Morgan fingerprint density at radius 3 is 2.56 bits per heavy atom. The van der Waals surface area contributed by atoms with Crippen LogP contribution in [0.5, 0.6) is 0 Å². The molecule has 1 fully saturated rings. The van der Waals surface area contributed by atoms with E-state index in [1.807, 2.05) is 24.3 Å². The van der Waals surface area contributed by atoms with Gasteiger partial charge in [-0.15, -0.1) is 0 Å². The van der Waals surface area contributed by atoms with Crippen LogP contribution in [-0.4, -0.2) is 21.0 Å². The van der Waals surface area contributed by atoms with E-state index in [9.17, 15) is 4.79 Å². The Morgan fingerprint density at radius 1 is 1.12 bits per heavy atom. The smallest absolute Gasteiger partial charge is 0.253 e. The first-order valence-electron chi connectivity index (χ1n) is 11.7. The van der Waals surface area contributed by atoms with Crippen LogP contribution in [0.2, 0.25) is 0 Å². The highest BCUT2D eigenvalue weighted by Gasteiger charge is 2.25. The summed E-state index contributed by atoms with van der Waals surface area (Å²) < 4.78 is 0. The van der Waals surface area contributed by atoms with E-state index in [1.165, 1.54) is 30.4 Å². The van der Waals surface area contributed by atoms with Crippen molar-refractivity contribution >= 4 is 28.2 Å². The SMILES string of the molecule is Cc1ccc2cc(CN(C(=S)N[C@@H](C)c3ccccc3)C3CCCCC3)c(=O)[nH]c2c1C. The predicted molar refractivity (Wildman–Crippen MR) is 137 cm³/mol. The number of aromatic nitrogens is 1. The van der Waals surface area contributed by atoms with E-state index in [-0.39, 0.29) is 11.6 Å². The second kappa shape index (κ2) is 9.86. The average molecular weight is 448 g/mol. The van der Waals surface area contributed by atoms with E-state index < -0.39 is 0 Å². The summed E-state index contributed by atoms with van der Waals surface area (Å²) >= 11 is 5.91. The van der Waals surface area contributed by atoms with Crippen molar-refractivity contribution in [3.05, 3.63) is 81.1 Å². The number of pyridine rings is 1. The average Bonchev–Trinajstić information content (AvgIpc) is 2.81. The van der Waals surface area contributed by atoms with Crippen molar-refractivity contribution in [3.63, 3.8) is 0 Å². The highest BCUT2D eigenvalue weighted by molar-refractivity contribution is 7.80. The molecule has 5 heteroatoms. The molecule has 1 aliphatic rings. The summed E-state index contributed by atoms with van der Waals surface area (Å²) in [4.78, 5) is 18.4. The van der Waals surface area contributed by atoms with Crippen LogP contribution < -0.4 is 10.9 Å². The number of hydrogen-bond acceptors (Lipinski definition) is 2. The Hall–Kier alpha value is -2.66. The fraction of sp³-hybridized carbons (Fsp3) is 0.407. The van der Waals surface area contributed by atoms with Gasteiger partial charge in [0.25, 0.3) is 5.56 Å². The molecule has 0 unspecified atom stereocenters. The normalized spacial score (nSPS) is 15.5. The molecule has 1 aromatic heterocycles. The molecule has 0 aliphatic heterocycles. The number of fused-ring (bicyclic) bond motifs is 1. The third-order valence-electron chi connectivity index (χ3n) is 6.88. The number of thiocarbonyl (C=S) groups is 1. The van der Waals surface area contributed by atoms with Gasteiger partial charge in [-0.05, 0) is 74.0 Å². The van der Waals surface area contributed by atoms with Crippen molar-refractivity contribution in [1.29, 1.82) is 0 Å². The molecule has 3 aromatic rings. The molecular formula is C27H33N3OS. The van der Waals surface area contributed by atoms with Crippen LogP contribution in [0.3, 0.4) is 0 Å². The first kappa shape index (κ1) is 22.5. The fourth-order valence-electron chi connectivity index (χ4n) is 4.72. The number of hydrogen-bond donors (Lipinski definition) is 2. The summed E-state index contributed by atoms with van der Waals surface area (Å²) in [5.74, 6) is 0. The molecule has 0 spiro atoms. The topological polar surface area (TPSA) is 48.1 Å². The number of nitrogens with one attached hydrogen (secondary N) is 2. The van der Waals surface area contributed by atoms with Gasteiger partial charge in [-0.25, -0.2) is 0 Å². The molecule has 4 nitrogen and oxygen atoms in total. The van der Waals surface area contributed by atoms with Crippen LogP contribution in [-0.2, 0) is 6.54 Å². The molecule has 4 rings (SSSR count). The Kier molecular flexibility index (Phi) is 6.95. The van der Waals surface area contributed by atoms with E-state index in [1.54, 1.807) is 0 Å². The second-order valence-electron chi connectivity index (χ2n) is 9.10. The van der Waals surface area contributed by atoms with Crippen molar-refractivity contribution in [2.75, 3.05) is 0 Å². The number of H-pyrrole nitrogens is 1. The summed E-state index contributed by atoms with van der Waals surface area (Å²) in [6, 6.07) is 17.1. The zero-order valence-electron chi connectivity index (χ0n) is 19.3. The zero-order valence-corrected chi connectivity index (χ0v) is 20.1. The van der Waals surface area contributed by atoms with Crippen molar-refractivity contribution in [2.24, 2.45) is 0 Å². The maximum atomic E-state index is 13.0. The quantitative estimate of drug-likeness (QED) is 0.477. The fourth-order valence-corrected chi connectivity index (χ4v) is 5.11. The maximum Gasteiger partial charge on any atom is 0.253 e. The maximum absolute atomic E-state index is 13.0. The van der Waals surface area contributed by atoms with Crippen molar-refractivity contribution in [1.82, 2.24) is 15.2 Å². The van der Waals surface area contributed by atoms with Gasteiger partial charge in [0.2, 0.25) is 0 Å². The number of aromatic amines is 1. The van der Waals surface area contributed by atoms with Crippen molar-refractivity contribution < 1.29 is 0 Å². The molecule has 0 radical (unpaired) electrons. The molecule has 1 atom stereocenters. The third kappa shape index (κ3) is 4.88. The molecule has 32 heavy (non-hydrogen) atoms. The summed E-state index contributed by atoms with van der Waals surface area (Å²) in [6.45, 7) is 6.79. The van der Waals surface area contributed by atoms with Crippen LogP contribution >= 0.6 is 12.2 Å². The number of benzene rings is 2. The van der Waals surface area contributed by atoms with Crippen LogP contribution in [0.4, 0.5) is 0 Å². The van der Waals surface area contributed by atoms with Crippen molar-refractivity contribution in [2.45, 2.75) is 71.5 Å². The van der Waals surface area contributed by atoms with E-state index in [0.717, 1.165) is 40.0 Å². The first-order valence-corrected chi connectivity index (χ1v) is 12.1. The minimum Gasteiger partial charge on any atom is -0.356 e. The lowest BCUT2D eigenvalue weighted by Gasteiger charge is -2.37. The monoisotopic (exact) mass is 447 g/mol. The number of aryl methyl sites for hydroxylation is 2. The van der Waals surface area contributed by atoms with Crippen LogP contribution in [0.15, 0.2) is 53.3 Å². The first-order chi connectivity index (χ1) is 15.4. The lowest BCUT2D eigenvalue weighted by Crippen LogP contribution is -2.47. The summed E-state index contributed by atoms with van der Waals surface area (Å²) in [6.07, 6.45) is 5.94. The van der Waals surface area contributed by atoms with Crippen molar-refractivity contribution in [3.8, 4) is 0 Å². The van der Waals surface area contributed by atoms with E-state index in [2.05, 4.69) is 60.2 Å². The lowest BCUT2D eigenvalue weighted by atomic mass is 9.94. The van der Waals surface area contributed by atoms with Gasteiger partial charge in [0.1, 0.15) is 0 Å². The standard InChI is InChI=1S/C27H33N3OS/c1-18-14-15-22-16-23(26(31)29-25(22)19(18)2)17-30(24-12-8-5-9-13-24)27(32)28-20(3)21-10-6-4-7-11-21/h4,6-7,10-11,14-16,20,24H,5,8-9,12-13,17H2,1-3H3,(H,28,32)(H,29,31)/t20-/m0/s1. The van der Waals surface area contributed by atoms with Crippen LogP contribution in [0.25, 0.3) is 10.9 Å². The largest absolute Gasteiger partial charge is 0.356 e. The van der Waals surface area contributed by atoms with E-state index >= 15 is 0 Å². The minimum absolute atomic E-state index is 0.0223. The van der Waals surface area contributed by atoms with Gasteiger partial charge in [-0.1, -0.05) is 61.7 Å². The molecular weight excluding hydrogens is 414 g/mol. The number of rotatable bonds is 5. The zero-order chi connectivity index (χ0) is 22.7. The Balaban J connectivity index is 1.62. The minimum atomic E-state index is -0.0223. The van der Waals surface area contributed by atoms with Crippen LogP contribution in [0, 0.1) is 13.8 Å². The molecule has 0 saturated heterocycles. The van der Waals surface area contributed by atoms with Gasteiger partial charge in [-0.2, -0.15) is 0 Å². The predicted octanol–water partition coefficient (Wildman–Crippen LogP) is 5.92. The molecule has 1 saturated carbocycles. The Morgan fingerprint density at radius 2 is 1.84 bits per heavy atom. The van der Waals surface area contributed by atoms with Gasteiger partial charge in [-0.3, -0.25) is 4.79 Å².